The average Bonchev–Trinajstić information content (AvgIpc) is 1.76. The minimum absolute atomic E-state index is 0.404. The molecule has 0 saturated carbocycles. The fourth-order valence-electron chi connectivity index (χ4n) is 0.778. The van der Waals surface area contributed by atoms with E-state index < -0.39 is 15.0 Å². The number of hydrogen-bond donors (Lipinski definition) is 3. The molecule has 0 radical (unpaired) electrons. The molecule has 0 heterocycles. The van der Waals surface area contributed by atoms with Crippen LogP contribution in [0.1, 0.15) is 6.42 Å². The van der Waals surface area contributed by atoms with Gasteiger partial charge < -0.3 is 9.79 Å². The van der Waals surface area contributed by atoms with E-state index in [-0.39, 0.29) is 0 Å². The van der Waals surface area contributed by atoms with Crippen molar-refractivity contribution >= 4 is 15.0 Å². The molecule has 0 amide bonds. The molecule has 0 bridgehead atoms. The van der Waals surface area contributed by atoms with E-state index in [4.69, 9.17) is 9.79 Å². The fourth-order valence-corrected chi connectivity index (χ4v) is 2.33. The summed E-state index contributed by atoms with van der Waals surface area (Å²) in [6, 6.07) is 0. The van der Waals surface area contributed by atoms with Gasteiger partial charge in [0.2, 0.25) is 0 Å². The first-order chi connectivity index (χ1) is 5.21. The maximum Gasteiger partial charge on any atom is 0.400 e. The second kappa shape index (κ2) is 4.69. The van der Waals surface area contributed by atoms with Gasteiger partial charge >= 0.3 is 7.75 Å². The summed E-state index contributed by atoms with van der Waals surface area (Å²) in [5, 5.41) is 2.18. The SMILES string of the molecule is C[P+](C)(C)CCCNP(=O)(O)O. The highest BCUT2D eigenvalue weighted by atomic mass is 31.2. The molecular formula is C6H18NO3P2+. The first kappa shape index (κ1) is 12.5. The molecule has 0 fully saturated rings. The molecule has 0 unspecified atom stereocenters. The molecule has 6 heteroatoms. The zero-order valence-electron chi connectivity index (χ0n) is 7.82. The van der Waals surface area contributed by atoms with Gasteiger partial charge in [0.15, 0.2) is 0 Å². The van der Waals surface area contributed by atoms with Crippen molar-refractivity contribution in [1.29, 1.82) is 0 Å². The number of rotatable bonds is 5. The third-order valence-corrected chi connectivity index (χ3v) is 3.62. The van der Waals surface area contributed by atoms with Crippen LogP contribution in [-0.2, 0) is 4.57 Å². The molecule has 12 heavy (non-hydrogen) atoms. The van der Waals surface area contributed by atoms with Gasteiger partial charge in [-0.3, -0.25) is 0 Å². The van der Waals surface area contributed by atoms with Crippen molar-refractivity contribution < 1.29 is 14.4 Å². The Labute approximate surface area is 74.3 Å². The predicted octanol–water partition coefficient (Wildman–Crippen LogP) is 0.966. The van der Waals surface area contributed by atoms with Crippen molar-refractivity contribution in [3.05, 3.63) is 0 Å². The lowest BCUT2D eigenvalue weighted by molar-refractivity contribution is 0.357. The Morgan fingerprint density at radius 3 is 2.17 bits per heavy atom. The summed E-state index contributed by atoms with van der Waals surface area (Å²) in [4.78, 5) is 16.9. The minimum Gasteiger partial charge on any atom is -0.313 e. The van der Waals surface area contributed by atoms with Gasteiger partial charge in [0, 0.05) is 33.8 Å². The normalized spacial score (nSPS) is 13.4. The lowest BCUT2D eigenvalue weighted by Gasteiger charge is -2.11. The molecule has 4 nitrogen and oxygen atoms in total. The zero-order chi connectivity index (χ0) is 9.83. The molecule has 0 aliphatic rings. The first-order valence-electron chi connectivity index (χ1n) is 3.82. The monoisotopic (exact) mass is 214 g/mol. The first-order valence-corrected chi connectivity index (χ1v) is 8.75. The van der Waals surface area contributed by atoms with Gasteiger partial charge in [-0.1, -0.05) is 0 Å². The Hall–Kier alpha value is 0.540. The van der Waals surface area contributed by atoms with Gasteiger partial charge in [-0.05, 0) is 6.42 Å². The Morgan fingerprint density at radius 2 is 1.83 bits per heavy atom. The smallest absolute Gasteiger partial charge is 0.313 e. The Bertz CT molecular complexity index is 172. The summed E-state index contributed by atoms with van der Waals surface area (Å²) in [6.45, 7) is 7.04. The van der Waals surface area contributed by atoms with Crippen LogP contribution >= 0.6 is 15.0 Å². The van der Waals surface area contributed by atoms with Crippen LogP contribution in [0.25, 0.3) is 0 Å². The van der Waals surface area contributed by atoms with E-state index in [1.165, 1.54) is 0 Å². The number of hydrogen-bond acceptors (Lipinski definition) is 1. The van der Waals surface area contributed by atoms with Crippen LogP contribution in [0.2, 0.25) is 0 Å². The molecular weight excluding hydrogens is 196 g/mol. The minimum atomic E-state index is -3.99. The van der Waals surface area contributed by atoms with Crippen LogP contribution in [0.15, 0.2) is 0 Å². The summed E-state index contributed by atoms with van der Waals surface area (Å²) in [7, 11) is -4.78. The Morgan fingerprint density at radius 1 is 1.33 bits per heavy atom. The molecule has 3 N–H and O–H groups in total. The highest BCUT2D eigenvalue weighted by Crippen LogP contribution is 2.46. The standard InChI is InChI=1S/C6H17NO3P2/c1-11(2,3)6-4-5-7-12(8,9)10/h4-6H2,1-3H3,(H2-,7,8,9,10)/p+1. The topological polar surface area (TPSA) is 69.6 Å². The summed E-state index contributed by atoms with van der Waals surface area (Å²) in [5.41, 5.74) is 0. The van der Waals surface area contributed by atoms with Crippen molar-refractivity contribution in [3.8, 4) is 0 Å². The van der Waals surface area contributed by atoms with E-state index in [1.54, 1.807) is 0 Å². The Balaban J connectivity index is 3.41. The molecule has 0 atom stereocenters. The molecule has 74 valence electrons. The summed E-state index contributed by atoms with van der Waals surface area (Å²) in [5.74, 6) is 0. The fraction of sp³-hybridized carbons (Fsp3) is 1.00. The summed E-state index contributed by atoms with van der Waals surface area (Å²) >= 11 is 0. The third-order valence-electron chi connectivity index (χ3n) is 1.32. The van der Waals surface area contributed by atoms with Gasteiger partial charge in [0.05, 0.1) is 6.16 Å². The van der Waals surface area contributed by atoms with E-state index in [2.05, 4.69) is 25.1 Å². The van der Waals surface area contributed by atoms with Crippen LogP contribution in [0.3, 0.4) is 0 Å². The molecule has 0 aromatic heterocycles. The maximum atomic E-state index is 10.3. The van der Waals surface area contributed by atoms with E-state index >= 15 is 0 Å². The maximum absolute atomic E-state index is 10.3. The summed E-state index contributed by atoms with van der Waals surface area (Å²) in [6.07, 6.45) is 1.91. The molecule has 0 rings (SSSR count). The largest absolute Gasteiger partial charge is 0.400 e. The molecule has 0 saturated heterocycles. The highest BCUT2D eigenvalue weighted by molar-refractivity contribution is 7.73. The molecule has 0 aromatic rings. The molecule has 0 aromatic carbocycles. The van der Waals surface area contributed by atoms with Crippen molar-refractivity contribution in [3.63, 3.8) is 0 Å². The van der Waals surface area contributed by atoms with Crippen LogP contribution in [-0.4, -0.2) is 42.5 Å². The predicted molar refractivity (Wildman–Crippen MR) is 54.2 cm³/mol. The van der Waals surface area contributed by atoms with Crippen molar-refractivity contribution in [2.45, 2.75) is 6.42 Å². The van der Waals surface area contributed by atoms with Crippen LogP contribution in [0, 0.1) is 0 Å². The Kier molecular flexibility index (Phi) is 4.90. The quantitative estimate of drug-likeness (QED) is 0.471. The molecule has 0 aliphatic heterocycles. The second-order valence-electron chi connectivity index (χ2n) is 3.82. The van der Waals surface area contributed by atoms with Crippen LogP contribution in [0.4, 0.5) is 0 Å². The average molecular weight is 214 g/mol. The van der Waals surface area contributed by atoms with E-state index in [0.717, 1.165) is 12.6 Å². The van der Waals surface area contributed by atoms with Crippen LogP contribution in [0.5, 0.6) is 0 Å². The molecule has 0 aliphatic carbocycles. The number of nitrogens with one attached hydrogen (secondary N) is 1. The zero-order valence-corrected chi connectivity index (χ0v) is 9.61. The lowest BCUT2D eigenvalue weighted by Crippen LogP contribution is -2.13. The van der Waals surface area contributed by atoms with E-state index in [1.807, 2.05) is 0 Å². The van der Waals surface area contributed by atoms with Crippen molar-refractivity contribution in [1.82, 2.24) is 5.09 Å². The third kappa shape index (κ3) is 10.5. The van der Waals surface area contributed by atoms with Gasteiger partial charge in [-0.25, -0.2) is 9.65 Å². The van der Waals surface area contributed by atoms with E-state index in [0.29, 0.717) is 6.54 Å². The molecule has 0 spiro atoms. The summed E-state index contributed by atoms with van der Waals surface area (Å²) < 4.78 is 10.3. The van der Waals surface area contributed by atoms with E-state index in [9.17, 15) is 4.57 Å². The van der Waals surface area contributed by atoms with Crippen molar-refractivity contribution in [2.75, 3.05) is 32.7 Å². The van der Waals surface area contributed by atoms with Gasteiger partial charge in [-0.15, -0.1) is 0 Å². The van der Waals surface area contributed by atoms with Gasteiger partial charge in [0.1, 0.15) is 0 Å². The highest BCUT2D eigenvalue weighted by Gasteiger charge is 2.17. The van der Waals surface area contributed by atoms with Crippen LogP contribution < -0.4 is 5.09 Å². The van der Waals surface area contributed by atoms with Gasteiger partial charge in [0.25, 0.3) is 0 Å². The second-order valence-corrected chi connectivity index (χ2v) is 10.3. The van der Waals surface area contributed by atoms with Crippen molar-refractivity contribution in [2.24, 2.45) is 0 Å². The lowest BCUT2D eigenvalue weighted by atomic mass is 10.5. The van der Waals surface area contributed by atoms with Gasteiger partial charge in [-0.2, -0.15) is 0 Å².